The summed E-state index contributed by atoms with van der Waals surface area (Å²) in [5, 5.41) is 20.6. The molecule has 0 radical (unpaired) electrons. The first-order chi connectivity index (χ1) is 15.4. The average Bonchev–Trinajstić information content (AvgIpc) is 3.15. The van der Waals surface area contributed by atoms with Crippen LogP contribution < -0.4 is 5.32 Å². The Hall–Kier alpha value is -3.04. The Labute approximate surface area is 195 Å². The molecule has 1 atom stereocenters. The summed E-state index contributed by atoms with van der Waals surface area (Å²) in [5.41, 5.74) is 1.92. The van der Waals surface area contributed by atoms with Crippen LogP contribution in [0.2, 0.25) is 0 Å². The SMILES string of the molecule is C=CCn1c(CSc2ccc(C)cc2)nnc1SC(C)C(=O)Nc1ccc(C(=O)O)cc1. The highest BCUT2D eigenvalue weighted by Crippen LogP contribution is 2.27. The van der Waals surface area contributed by atoms with Gasteiger partial charge in [0.2, 0.25) is 5.91 Å². The molecule has 2 N–H and O–H groups in total. The maximum atomic E-state index is 12.6. The van der Waals surface area contributed by atoms with Gasteiger partial charge in [-0.2, -0.15) is 0 Å². The number of carboxylic acids is 1. The second-order valence-electron chi connectivity index (χ2n) is 7.03. The maximum Gasteiger partial charge on any atom is 0.335 e. The minimum Gasteiger partial charge on any atom is -0.478 e. The lowest BCUT2D eigenvalue weighted by atomic mass is 10.2. The number of thioether (sulfide) groups is 2. The molecule has 0 aliphatic heterocycles. The highest BCUT2D eigenvalue weighted by molar-refractivity contribution is 8.00. The molecular weight excluding hydrogens is 444 g/mol. The van der Waals surface area contributed by atoms with Crippen LogP contribution in [0.15, 0.2) is 71.2 Å². The molecule has 1 heterocycles. The zero-order chi connectivity index (χ0) is 23.1. The van der Waals surface area contributed by atoms with Crippen molar-refractivity contribution in [2.24, 2.45) is 0 Å². The predicted molar refractivity (Wildman–Crippen MR) is 128 cm³/mol. The summed E-state index contributed by atoms with van der Waals surface area (Å²) in [6, 6.07) is 14.4. The maximum absolute atomic E-state index is 12.6. The lowest BCUT2D eigenvalue weighted by Crippen LogP contribution is -2.23. The Morgan fingerprint density at radius 1 is 1.16 bits per heavy atom. The Kier molecular flexibility index (Phi) is 8.13. The highest BCUT2D eigenvalue weighted by atomic mass is 32.2. The monoisotopic (exact) mass is 468 g/mol. The van der Waals surface area contributed by atoms with Crippen molar-refractivity contribution in [3.05, 3.63) is 78.1 Å². The van der Waals surface area contributed by atoms with Crippen molar-refractivity contribution in [3.63, 3.8) is 0 Å². The van der Waals surface area contributed by atoms with Gasteiger partial charge >= 0.3 is 5.97 Å². The van der Waals surface area contributed by atoms with E-state index in [0.717, 1.165) is 10.7 Å². The van der Waals surface area contributed by atoms with E-state index in [4.69, 9.17) is 5.11 Å². The molecule has 0 fully saturated rings. The minimum atomic E-state index is -1.01. The van der Waals surface area contributed by atoms with Crippen LogP contribution in [0.25, 0.3) is 0 Å². The number of anilines is 1. The number of carbonyl (C=O) groups is 2. The molecule has 166 valence electrons. The van der Waals surface area contributed by atoms with E-state index in [-0.39, 0.29) is 11.5 Å². The summed E-state index contributed by atoms with van der Waals surface area (Å²) in [6.45, 7) is 8.22. The fourth-order valence-corrected chi connectivity index (χ4v) is 4.47. The molecule has 0 saturated heterocycles. The largest absolute Gasteiger partial charge is 0.478 e. The fraction of sp³-hybridized carbons (Fsp3) is 0.217. The van der Waals surface area contributed by atoms with E-state index in [1.54, 1.807) is 36.9 Å². The Morgan fingerprint density at radius 2 is 1.84 bits per heavy atom. The van der Waals surface area contributed by atoms with Crippen LogP contribution in [-0.2, 0) is 17.1 Å². The lowest BCUT2D eigenvalue weighted by Gasteiger charge is -2.13. The van der Waals surface area contributed by atoms with E-state index in [1.807, 2.05) is 4.57 Å². The molecule has 3 aromatic rings. The van der Waals surface area contributed by atoms with Crippen LogP contribution in [-0.4, -0.2) is 37.0 Å². The summed E-state index contributed by atoms with van der Waals surface area (Å²) in [4.78, 5) is 24.7. The third kappa shape index (κ3) is 6.24. The molecule has 32 heavy (non-hydrogen) atoms. The number of aryl methyl sites for hydroxylation is 1. The van der Waals surface area contributed by atoms with Crippen LogP contribution in [0.1, 0.15) is 28.7 Å². The van der Waals surface area contributed by atoms with Gasteiger partial charge in [0.1, 0.15) is 5.82 Å². The zero-order valence-corrected chi connectivity index (χ0v) is 19.4. The van der Waals surface area contributed by atoms with E-state index in [9.17, 15) is 9.59 Å². The number of carbonyl (C=O) groups excluding carboxylic acids is 1. The van der Waals surface area contributed by atoms with Gasteiger partial charge in [0.25, 0.3) is 0 Å². The Bertz CT molecular complexity index is 1100. The minimum absolute atomic E-state index is 0.166. The van der Waals surface area contributed by atoms with Crippen LogP contribution in [0, 0.1) is 6.92 Å². The number of aromatic carboxylic acids is 1. The number of aromatic nitrogens is 3. The molecule has 2 aromatic carbocycles. The summed E-state index contributed by atoms with van der Waals surface area (Å²) in [5.74, 6) is 0.252. The van der Waals surface area contributed by atoms with E-state index in [0.29, 0.717) is 23.1 Å². The van der Waals surface area contributed by atoms with Crippen LogP contribution in [0.5, 0.6) is 0 Å². The van der Waals surface area contributed by atoms with Gasteiger partial charge in [-0.1, -0.05) is 35.5 Å². The lowest BCUT2D eigenvalue weighted by molar-refractivity contribution is -0.115. The zero-order valence-electron chi connectivity index (χ0n) is 17.8. The number of nitrogens with one attached hydrogen (secondary N) is 1. The van der Waals surface area contributed by atoms with Crippen molar-refractivity contribution in [2.75, 3.05) is 5.32 Å². The van der Waals surface area contributed by atoms with Crippen molar-refractivity contribution < 1.29 is 14.7 Å². The molecule has 3 rings (SSSR count). The molecule has 0 saturated carbocycles. The smallest absolute Gasteiger partial charge is 0.335 e. The van der Waals surface area contributed by atoms with Gasteiger partial charge in [-0.15, -0.1) is 28.5 Å². The molecule has 0 aliphatic carbocycles. The van der Waals surface area contributed by atoms with Crippen molar-refractivity contribution >= 4 is 41.1 Å². The fourth-order valence-electron chi connectivity index (χ4n) is 2.76. The summed E-state index contributed by atoms with van der Waals surface area (Å²) in [7, 11) is 0. The van der Waals surface area contributed by atoms with Gasteiger partial charge in [0, 0.05) is 17.1 Å². The van der Waals surface area contributed by atoms with E-state index in [1.165, 1.54) is 29.5 Å². The van der Waals surface area contributed by atoms with Gasteiger partial charge in [-0.3, -0.25) is 4.79 Å². The normalized spacial score (nSPS) is 11.7. The topological polar surface area (TPSA) is 97.1 Å². The summed E-state index contributed by atoms with van der Waals surface area (Å²) < 4.78 is 1.96. The van der Waals surface area contributed by atoms with Crippen LogP contribution >= 0.6 is 23.5 Å². The van der Waals surface area contributed by atoms with Crippen molar-refractivity contribution in [1.29, 1.82) is 0 Å². The quantitative estimate of drug-likeness (QED) is 0.323. The van der Waals surface area contributed by atoms with Gasteiger partial charge in [-0.05, 0) is 50.2 Å². The second-order valence-corrected chi connectivity index (χ2v) is 9.39. The van der Waals surface area contributed by atoms with E-state index in [2.05, 4.69) is 53.3 Å². The first kappa shape index (κ1) is 23.6. The molecule has 0 aliphatic rings. The number of nitrogens with zero attached hydrogens (tertiary/aromatic N) is 3. The third-order valence-electron chi connectivity index (χ3n) is 4.54. The number of allylic oxidation sites excluding steroid dienone is 1. The van der Waals surface area contributed by atoms with Crippen molar-refractivity contribution in [1.82, 2.24) is 14.8 Å². The highest BCUT2D eigenvalue weighted by Gasteiger charge is 2.20. The number of hydrogen-bond acceptors (Lipinski definition) is 6. The van der Waals surface area contributed by atoms with Gasteiger partial charge in [-0.25, -0.2) is 4.79 Å². The number of benzene rings is 2. The molecule has 1 unspecified atom stereocenters. The molecule has 1 amide bonds. The number of amides is 1. The predicted octanol–water partition coefficient (Wildman–Crippen LogP) is 4.88. The van der Waals surface area contributed by atoms with Gasteiger partial charge < -0.3 is 15.0 Å². The standard InChI is InChI=1S/C23H24N4O3S2/c1-4-13-27-20(14-31-19-11-5-15(2)6-12-19)25-26-23(27)32-16(3)21(28)24-18-9-7-17(8-10-18)22(29)30/h4-12,16H,1,13-14H2,2-3H3,(H,24,28)(H,29,30). The molecule has 0 spiro atoms. The first-order valence-electron chi connectivity index (χ1n) is 9.90. The second kappa shape index (κ2) is 11.0. The van der Waals surface area contributed by atoms with E-state index >= 15 is 0 Å². The molecule has 1 aromatic heterocycles. The van der Waals surface area contributed by atoms with E-state index < -0.39 is 11.2 Å². The third-order valence-corrected chi connectivity index (χ3v) is 6.63. The molecule has 0 bridgehead atoms. The average molecular weight is 469 g/mol. The van der Waals surface area contributed by atoms with Gasteiger partial charge in [0.15, 0.2) is 5.16 Å². The van der Waals surface area contributed by atoms with Crippen molar-refractivity contribution in [2.45, 2.75) is 41.4 Å². The van der Waals surface area contributed by atoms with Crippen LogP contribution in [0.3, 0.4) is 0 Å². The van der Waals surface area contributed by atoms with Crippen molar-refractivity contribution in [3.8, 4) is 0 Å². The number of hydrogen-bond donors (Lipinski definition) is 2. The number of carboxylic acid groups (broad SMARTS) is 1. The molecule has 7 nitrogen and oxygen atoms in total. The number of rotatable bonds is 10. The Balaban J connectivity index is 1.64. The Morgan fingerprint density at radius 3 is 2.47 bits per heavy atom. The summed E-state index contributed by atoms with van der Waals surface area (Å²) >= 11 is 2.99. The first-order valence-corrected chi connectivity index (χ1v) is 11.8. The molecular formula is C23H24N4O3S2. The summed E-state index contributed by atoms with van der Waals surface area (Å²) in [6.07, 6.45) is 1.78. The molecule has 9 heteroatoms. The van der Waals surface area contributed by atoms with Crippen LogP contribution in [0.4, 0.5) is 5.69 Å². The van der Waals surface area contributed by atoms with Gasteiger partial charge in [0.05, 0.1) is 16.6 Å².